The Hall–Kier alpha value is -2.68. The lowest BCUT2D eigenvalue weighted by Gasteiger charge is -2.09. The van der Waals surface area contributed by atoms with E-state index in [2.05, 4.69) is 15.0 Å². The Balaban J connectivity index is 1.87. The highest BCUT2D eigenvalue weighted by atomic mass is 35.5. The van der Waals surface area contributed by atoms with Crippen molar-refractivity contribution in [1.29, 1.82) is 0 Å². The summed E-state index contributed by atoms with van der Waals surface area (Å²) >= 11 is 13.4. The molecule has 0 atom stereocenters. The Labute approximate surface area is 161 Å². The quantitative estimate of drug-likeness (QED) is 0.429. The standard InChI is InChI=1S/C16H10Cl2N4O3S/c17-10-6-2-1-5-9(10)14-13(15(18)21-26-14)20-16(23)19-11-7-3-4-8-12(11)22(24)25/h1-8H,(H2,19,20,23). The highest BCUT2D eigenvalue weighted by Gasteiger charge is 2.20. The second-order valence-electron chi connectivity index (χ2n) is 5.01. The first-order chi connectivity index (χ1) is 12.5. The normalized spacial score (nSPS) is 10.4. The lowest BCUT2D eigenvalue weighted by atomic mass is 10.2. The molecule has 0 unspecified atom stereocenters. The summed E-state index contributed by atoms with van der Waals surface area (Å²) in [6.45, 7) is 0. The molecule has 2 aromatic carbocycles. The van der Waals surface area contributed by atoms with Gasteiger partial charge >= 0.3 is 6.03 Å². The highest BCUT2D eigenvalue weighted by Crippen LogP contribution is 2.40. The summed E-state index contributed by atoms with van der Waals surface area (Å²) < 4.78 is 4.04. The lowest BCUT2D eigenvalue weighted by Crippen LogP contribution is -2.20. The second-order valence-corrected chi connectivity index (χ2v) is 6.55. The molecule has 0 aliphatic heterocycles. The maximum atomic E-state index is 12.3. The Kier molecular flexibility index (Phi) is 5.36. The molecule has 26 heavy (non-hydrogen) atoms. The number of urea groups is 1. The maximum absolute atomic E-state index is 12.3. The van der Waals surface area contributed by atoms with Gasteiger partial charge in [-0.2, -0.15) is 4.37 Å². The molecule has 0 radical (unpaired) electrons. The Morgan fingerprint density at radius 2 is 1.77 bits per heavy atom. The van der Waals surface area contributed by atoms with Crippen LogP contribution in [0.15, 0.2) is 48.5 Å². The van der Waals surface area contributed by atoms with Crippen LogP contribution >= 0.6 is 34.7 Å². The third-order valence-corrected chi connectivity index (χ3v) is 4.94. The monoisotopic (exact) mass is 408 g/mol. The van der Waals surface area contributed by atoms with Crippen LogP contribution in [0.4, 0.5) is 21.9 Å². The van der Waals surface area contributed by atoms with Crippen molar-refractivity contribution in [1.82, 2.24) is 4.37 Å². The van der Waals surface area contributed by atoms with Gasteiger partial charge in [0, 0.05) is 16.7 Å². The lowest BCUT2D eigenvalue weighted by molar-refractivity contribution is -0.383. The number of nitrogens with zero attached hydrogens (tertiary/aromatic N) is 2. The van der Waals surface area contributed by atoms with Gasteiger partial charge in [0.05, 0.1) is 9.80 Å². The number of halogens is 2. The van der Waals surface area contributed by atoms with Gasteiger partial charge in [0.25, 0.3) is 5.69 Å². The molecule has 0 spiro atoms. The molecule has 1 aromatic heterocycles. The van der Waals surface area contributed by atoms with E-state index in [1.165, 1.54) is 18.2 Å². The van der Waals surface area contributed by atoms with Crippen molar-refractivity contribution in [2.75, 3.05) is 10.6 Å². The predicted octanol–water partition coefficient (Wildman–Crippen LogP) is 5.67. The molecule has 0 saturated carbocycles. The Bertz CT molecular complexity index is 993. The van der Waals surface area contributed by atoms with Gasteiger partial charge in [-0.3, -0.25) is 10.1 Å². The van der Waals surface area contributed by atoms with Gasteiger partial charge in [0.15, 0.2) is 5.15 Å². The van der Waals surface area contributed by atoms with Crippen LogP contribution in [0.25, 0.3) is 10.4 Å². The van der Waals surface area contributed by atoms with Crippen molar-refractivity contribution in [2.45, 2.75) is 0 Å². The maximum Gasteiger partial charge on any atom is 0.324 e. The van der Waals surface area contributed by atoms with Crippen molar-refractivity contribution in [2.24, 2.45) is 0 Å². The number of hydrogen-bond acceptors (Lipinski definition) is 5. The van der Waals surface area contributed by atoms with Crippen molar-refractivity contribution in [3.63, 3.8) is 0 Å². The first kappa shape index (κ1) is 18.1. The number of benzene rings is 2. The minimum atomic E-state index is -0.685. The number of nitrogens with one attached hydrogen (secondary N) is 2. The fourth-order valence-electron chi connectivity index (χ4n) is 2.21. The topological polar surface area (TPSA) is 97.2 Å². The molecular weight excluding hydrogens is 399 g/mol. The highest BCUT2D eigenvalue weighted by molar-refractivity contribution is 7.10. The fraction of sp³-hybridized carbons (Fsp3) is 0. The molecule has 2 amide bonds. The summed E-state index contributed by atoms with van der Waals surface area (Å²) in [6.07, 6.45) is 0. The molecule has 3 rings (SSSR count). The predicted molar refractivity (Wildman–Crippen MR) is 103 cm³/mol. The summed E-state index contributed by atoms with van der Waals surface area (Å²) in [5.41, 5.74) is 0.789. The van der Waals surface area contributed by atoms with E-state index in [-0.39, 0.29) is 22.2 Å². The van der Waals surface area contributed by atoms with Crippen LogP contribution in [0, 0.1) is 10.1 Å². The van der Waals surface area contributed by atoms with Crippen LogP contribution in [0.3, 0.4) is 0 Å². The zero-order chi connectivity index (χ0) is 18.7. The van der Waals surface area contributed by atoms with E-state index in [1.54, 1.807) is 30.3 Å². The van der Waals surface area contributed by atoms with Crippen LogP contribution in [0.1, 0.15) is 0 Å². The van der Waals surface area contributed by atoms with Crippen molar-refractivity contribution < 1.29 is 9.72 Å². The molecular formula is C16H10Cl2N4O3S. The van der Waals surface area contributed by atoms with Gasteiger partial charge in [-0.1, -0.05) is 53.5 Å². The van der Waals surface area contributed by atoms with Crippen molar-refractivity contribution in [3.05, 3.63) is 68.8 Å². The minimum Gasteiger partial charge on any atom is -0.304 e. The number of anilines is 2. The fourth-order valence-corrected chi connectivity index (χ4v) is 3.58. The van der Waals surface area contributed by atoms with Gasteiger partial charge in [0.1, 0.15) is 11.4 Å². The number of hydrogen-bond donors (Lipinski definition) is 2. The van der Waals surface area contributed by atoms with Crippen LogP contribution in [0.2, 0.25) is 10.2 Å². The summed E-state index contributed by atoms with van der Waals surface area (Å²) in [5, 5.41) is 16.6. The zero-order valence-corrected chi connectivity index (χ0v) is 15.2. The molecule has 132 valence electrons. The van der Waals surface area contributed by atoms with E-state index in [4.69, 9.17) is 23.2 Å². The van der Waals surface area contributed by atoms with E-state index in [1.807, 2.05) is 0 Å². The number of aromatic nitrogens is 1. The van der Waals surface area contributed by atoms with Gasteiger partial charge in [-0.25, -0.2) is 4.79 Å². The summed E-state index contributed by atoms with van der Waals surface area (Å²) in [7, 11) is 0. The molecule has 2 N–H and O–H groups in total. The number of rotatable bonds is 4. The largest absolute Gasteiger partial charge is 0.324 e. The van der Waals surface area contributed by atoms with Crippen LogP contribution in [0.5, 0.6) is 0 Å². The molecule has 0 aliphatic rings. The van der Waals surface area contributed by atoms with Crippen LogP contribution < -0.4 is 10.6 Å². The van der Waals surface area contributed by atoms with Gasteiger partial charge in [-0.15, -0.1) is 0 Å². The second kappa shape index (κ2) is 7.69. The molecule has 10 heteroatoms. The van der Waals surface area contributed by atoms with E-state index in [0.717, 1.165) is 11.5 Å². The Morgan fingerprint density at radius 3 is 2.50 bits per heavy atom. The molecule has 3 aromatic rings. The van der Waals surface area contributed by atoms with Crippen LogP contribution in [-0.2, 0) is 0 Å². The molecule has 0 saturated heterocycles. The summed E-state index contributed by atoms with van der Waals surface area (Å²) in [4.78, 5) is 23.4. The number of nitro groups is 1. The Morgan fingerprint density at radius 1 is 1.08 bits per heavy atom. The average molecular weight is 409 g/mol. The summed E-state index contributed by atoms with van der Waals surface area (Å²) in [5.74, 6) is 0. The number of amides is 2. The smallest absolute Gasteiger partial charge is 0.304 e. The van der Waals surface area contributed by atoms with E-state index in [0.29, 0.717) is 15.5 Å². The van der Waals surface area contributed by atoms with E-state index >= 15 is 0 Å². The van der Waals surface area contributed by atoms with E-state index < -0.39 is 11.0 Å². The number of carbonyl (C=O) groups excluding carboxylic acids is 1. The first-order valence-electron chi connectivity index (χ1n) is 7.19. The molecule has 1 heterocycles. The van der Waals surface area contributed by atoms with Crippen molar-refractivity contribution in [3.8, 4) is 10.4 Å². The molecule has 0 bridgehead atoms. The van der Waals surface area contributed by atoms with Gasteiger partial charge in [-0.05, 0) is 23.7 Å². The van der Waals surface area contributed by atoms with Crippen LogP contribution in [-0.4, -0.2) is 15.3 Å². The summed E-state index contributed by atoms with van der Waals surface area (Å²) in [6, 6.07) is 12.2. The molecule has 7 nitrogen and oxygen atoms in total. The first-order valence-corrected chi connectivity index (χ1v) is 8.72. The minimum absolute atomic E-state index is 0.0635. The zero-order valence-electron chi connectivity index (χ0n) is 12.9. The average Bonchev–Trinajstić information content (AvgIpc) is 2.96. The van der Waals surface area contributed by atoms with Gasteiger partial charge < -0.3 is 10.6 Å². The SMILES string of the molecule is O=C(Nc1ccccc1[N+](=O)[O-])Nc1c(Cl)nsc1-c1ccccc1Cl. The van der Waals surface area contributed by atoms with Crippen molar-refractivity contribution >= 4 is 57.8 Å². The number of nitro benzene ring substituents is 1. The van der Waals surface area contributed by atoms with E-state index in [9.17, 15) is 14.9 Å². The third kappa shape index (κ3) is 3.77. The molecule has 0 aliphatic carbocycles. The third-order valence-electron chi connectivity index (χ3n) is 3.36. The number of para-hydroxylation sites is 2. The molecule has 0 fully saturated rings. The van der Waals surface area contributed by atoms with Gasteiger partial charge in [0.2, 0.25) is 0 Å². The number of carbonyl (C=O) groups is 1.